The maximum absolute atomic E-state index is 10.9. The number of sulfonamides is 1. The van der Waals surface area contributed by atoms with Gasteiger partial charge in [0.2, 0.25) is 10.0 Å². The van der Waals surface area contributed by atoms with Gasteiger partial charge in [-0.25, -0.2) is 13.1 Å². The molecular weight excluding hydrogens is 182 g/mol. The number of carboxylic acid groups (broad SMARTS) is 1. The lowest BCUT2D eigenvalue weighted by atomic mass is 10.4. The Morgan fingerprint density at radius 1 is 1.50 bits per heavy atom. The zero-order chi connectivity index (χ0) is 9.19. The molecule has 0 aromatic carbocycles. The Labute approximate surface area is 70.8 Å². The van der Waals surface area contributed by atoms with E-state index in [0.717, 1.165) is 12.8 Å². The zero-order valence-corrected chi connectivity index (χ0v) is 7.30. The Morgan fingerprint density at radius 2 is 2.08 bits per heavy atom. The summed E-state index contributed by atoms with van der Waals surface area (Å²) in [5.74, 6) is -1.73. The molecule has 0 bridgehead atoms. The van der Waals surface area contributed by atoms with Crippen molar-refractivity contribution in [1.29, 1.82) is 0 Å². The molecule has 2 N–H and O–H groups in total. The first kappa shape index (κ1) is 9.47. The highest BCUT2D eigenvalue weighted by atomic mass is 32.2. The van der Waals surface area contributed by atoms with Crippen molar-refractivity contribution in [2.45, 2.75) is 12.8 Å². The van der Waals surface area contributed by atoms with E-state index in [1.807, 2.05) is 0 Å². The van der Waals surface area contributed by atoms with Crippen molar-refractivity contribution in [3.05, 3.63) is 0 Å². The Kier molecular flexibility index (Phi) is 2.69. The molecule has 0 atom stereocenters. The molecule has 0 aliphatic heterocycles. The Hall–Kier alpha value is -0.620. The van der Waals surface area contributed by atoms with Gasteiger partial charge in [0.05, 0.1) is 0 Å². The first-order chi connectivity index (χ1) is 5.49. The van der Waals surface area contributed by atoms with Gasteiger partial charge in [0.1, 0.15) is 0 Å². The fourth-order valence-corrected chi connectivity index (χ4v) is 1.70. The van der Waals surface area contributed by atoms with Crippen LogP contribution in [-0.2, 0) is 14.8 Å². The zero-order valence-electron chi connectivity index (χ0n) is 6.49. The number of carboxylic acids is 1. The molecule has 0 amide bonds. The highest BCUT2D eigenvalue weighted by molar-refractivity contribution is 7.90. The summed E-state index contributed by atoms with van der Waals surface area (Å²) in [6.45, 7) is 0.385. The van der Waals surface area contributed by atoms with Gasteiger partial charge >= 0.3 is 5.97 Å². The number of carbonyl (C=O) groups is 1. The van der Waals surface area contributed by atoms with Crippen molar-refractivity contribution < 1.29 is 18.3 Å². The molecule has 1 aliphatic rings. The summed E-state index contributed by atoms with van der Waals surface area (Å²) in [6, 6.07) is 0. The third kappa shape index (κ3) is 3.68. The quantitative estimate of drug-likeness (QED) is 0.610. The lowest BCUT2D eigenvalue weighted by Crippen LogP contribution is -2.31. The molecule has 0 saturated heterocycles. The molecular formula is C6H11NO4S. The van der Waals surface area contributed by atoms with Crippen LogP contribution in [0.4, 0.5) is 0 Å². The van der Waals surface area contributed by atoms with Gasteiger partial charge in [0, 0.05) is 6.54 Å². The molecule has 0 aromatic heterocycles. The number of nitrogens with one attached hydrogen (secondary N) is 1. The van der Waals surface area contributed by atoms with Gasteiger partial charge in [-0.3, -0.25) is 4.79 Å². The van der Waals surface area contributed by atoms with Gasteiger partial charge in [-0.1, -0.05) is 0 Å². The van der Waals surface area contributed by atoms with Crippen molar-refractivity contribution in [3.8, 4) is 0 Å². The van der Waals surface area contributed by atoms with Gasteiger partial charge in [0.25, 0.3) is 0 Å². The Morgan fingerprint density at radius 3 is 2.50 bits per heavy atom. The van der Waals surface area contributed by atoms with Gasteiger partial charge < -0.3 is 5.11 Å². The second-order valence-corrected chi connectivity index (χ2v) is 4.75. The Balaban J connectivity index is 2.31. The van der Waals surface area contributed by atoms with Crippen LogP contribution < -0.4 is 4.72 Å². The first-order valence-electron chi connectivity index (χ1n) is 3.69. The van der Waals surface area contributed by atoms with Gasteiger partial charge in [-0.15, -0.1) is 0 Å². The van der Waals surface area contributed by atoms with E-state index in [4.69, 9.17) is 5.11 Å². The molecule has 1 rings (SSSR count). The van der Waals surface area contributed by atoms with Crippen molar-refractivity contribution in [1.82, 2.24) is 4.72 Å². The largest absolute Gasteiger partial charge is 0.480 e. The van der Waals surface area contributed by atoms with Crippen LogP contribution in [0, 0.1) is 5.92 Å². The minimum absolute atomic E-state index is 0.385. The van der Waals surface area contributed by atoms with E-state index in [9.17, 15) is 13.2 Å². The summed E-state index contributed by atoms with van der Waals surface area (Å²) in [5, 5.41) is 8.21. The molecule has 0 heterocycles. The SMILES string of the molecule is O=C(O)CS(=O)(=O)NCC1CC1. The van der Waals surface area contributed by atoms with Crippen LogP contribution in [0.5, 0.6) is 0 Å². The predicted octanol–water partition coefficient (Wildman–Crippen LogP) is -0.600. The van der Waals surface area contributed by atoms with E-state index in [2.05, 4.69) is 4.72 Å². The number of hydrogen-bond donors (Lipinski definition) is 2. The normalized spacial score (nSPS) is 17.7. The van der Waals surface area contributed by atoms with E-state index in [0.29, 0.717) is 12.5 Å². The molecule has 5 nitrogen and oxygen atoms in total. The molecule has 1 saturated carbocycles. The lowest BCUT2D eigenvalue weighted by molar-refractivity contribution is -0.134. The van der Waals surface area contributed by atoms with Gasteiger partial charge in [0.15, 0.2) is 5.75 Å². The molecule has 0 radical (unpaired) electrons. The van der Waals surface area contributed by atoms with Crippen LogP contribution >= 0.6 is 0 Å². The van der Waals surface area contributed by atoms with E-state index >= 15 is 0 Å². The van der Waals surface area contributed by atoms with Crippen LogP contribution in [-0.4, -0.2) is 31.8 Å². The minimum Gasteiger partial charge on any atom is -0.480 e. The molecule has 0 aromatic rings. The molecule has 0 spiro atoms. The predicted molar refractivity (Wildman–Crippen MR) is 42.1 cm³/mol. The number of aliphatic carboxylic acids is 1. The minimum atomic E-state index is -3.59. The highest BCUT2D eigenvalue weighted by Crippen LogP contribution is 2.27. The Bertz CT molecular complexity index is 267. The molecule has 12 heavy (non-hydrogen) atoms. The average molecular weight is 193 g/mol. The second kappa shape index (κ2) is 3.40. The molecule has 6 heteroatoms. The van der Waals surface area contributed by atoms with Gasteiger partial charge in [-0.05, 0) is 18.8 Å². The van der Waals surface area contributed by atoms with Crippen LogP contribution in [0.25, 0.3) is 0 Å². The van der Waals surface area contributed by atoms with Crippen LogP contribution in [0.2, 0.25) is 0 Å². The average Bonchev–Trinajstić information content (AvgIpc) is 2.62. The maximum atomic E-state index is 10.9. The van der Waals surface area contributed by atoms with Crippen LogP contribution in [0.1, 0.15) is 12.8 Å². The topological polar surface area (TPSA) is 83.5 Å². The van der Waals surface area contributed by atoms with E-state index in [1.165, 1.54) is 0 Å². The summed E-state index contributed by atoms with van der Waals surface area (Å²) >= 11 is 0. The fourth-order valence-electron chi connectivity index (χ4n) is 0.780. The third-order valence-electron chi connectivity index (χ3n) is 1.60. The van der Waals surface area contributed by atoms with E-state index in [1.54, 1.807) is 0 Å². The van der Waals surface area contributed by atoms with Crippen molar-refractivity contribution >= 4 is 16.0 Å². The molecule has 1 aliphatic carbocycles. The first-order valence-corrected chi connectivity index (χ1v) is 5.34. The maximum Gasteiger partial charge on any atom is 0.320 e. The molecule has 70 valence electrons. The van der Waals surface area contributed by atoms with Gasteiger partial charge in [-0.2, -0.15) is 0 Å². The molecule has 0 unspecified atom stereocenters. The summed E-state index contributed by atoms with van der Waals surface area (Å²) in [6.07, 6.45) is 2.07. The van der Waals surface area contributed by atoms with Crippen LogP contribution in [0.15, 0.2) is 0 Å². The summed E-state index contributed by atoms with van der Waals surface area (Å²) in [4.78, 5) is 10.1. The smallest absolute Gasteiger partial charge is 0.320 e. The van der Waals surface area contributed by atoms with E-state index in [-0.39, 0.29) is 0 Å². The standard InChI is InChI=1S/C6H11NO4S/c8-6(9)4-12(10,11)7-3-5-1-2-5/h5,7H,1-4H2,(H,8,9). The second-order valence-electron chi connectivity index (χ2n) is 2.94. The fraction of sp³-hybridized carbons (Fsp3) is 0.833. The van der Waals surface area contributed by atoms with Crippen molar-refractivity contribution in [3.63, 3.8) is 0 Å². The molecule has 1 fully saturated rings. The number of rotatable bonds is 5. The van der Waals surface area contributed by atoms with Crippen molar-refractivity contribution in [2.75, 3.05) is 12.3 Å². The third-order valence-corrected chi connectivity index (χ3v) is 2.84. The summed E-state index contributed by atoms with van der Waals surface area (Å²) in [7, 11) is -3.59. The van der Waals surface area contributed by atoms with Crippen LogP contribution in [0.3, 0.4) is 0 Å². The number of hydrogen-bond acceptors (Lipinski definition) is 3. The summed E-state index contributed by atoms with van der Waals surface area (Å²) in [5.41, 5.74) is 0. The lowest BCUT2D eigenvalue weighted by Gasteiger charge is -2.01. The van der Waals surface area contributed by atoms with E-state index < -0.39 is 21.7 Å². The summed E-state index contributed by atoms with van der Waals surface area (Å²) < 4.78 is 24.0. The van der Waals surface area contributed by atoms with Crippen molar-refractivity contribution in [2.24, 2.45) is 5.92 Å². The highest BCUT2D eigenvalue weighted by Gasteiger charge is 2.24. The monoisotopic (exact) mass is 193 g/mol.